The lowest BCUT2D eigenvalue weighted by molar-refractivity contribution is 0.0748. The first kappa shape index (κ1) is 16.6. The van der Waals surface area contributed by atoms with Gasteiger partial charge in [-0.1, -0.05) is 0 Å². The van der Waals surface area contributed by atoms with Crippen LogP contribution in [0.4, 0.5) is 0 Å². The van der Waals surface area contributed by atoms with Crippen LogP contribution in [0.3, 0.4) is 0 Å². The Morgan fingerprint density at radius 3 is 2.57 bits per heavy atom. The summed E-state index contributed by atoms with van der Waals surface area (Å²) in [7, 11) is 0. The average Bonchev–Trinajstić information content (AvgIpc) is 3.29. The van der Waals surface area contributed by atoms with Crippen molar-refractivity contribution in [1.29, 1.82) is 0 Å². The third-order valence-corrected chi connectivity index (χ3v) is 5.09. The lowest BCUT2D eigenvalue weighted by atomic mass is 10.1. The van der Waals surface area contributed by atoms with Crippen molar-refractivity contribution in [2.24, 2.45) is 5.92 Å². The van der Waals surface area contributed by atoms with Crippen LogP contribution in [0.5, 0.6) is 5.75 Å². The number of likely N-dealkylation sites (tertiary alicyclic amines) is 1. The van der Waals surface area contributed by atoms with Gasteiger partial charge in [0.15, 0.2) is 0 Å². The molecule has 1 amide bonds. The van der Waals surface area contributed by atoms with Gasteiger partial charge in [0.05, 0.1) is 6.61 Å². The maximum absolute atomic E-state index is 12.7. The lowest BCUT2D eigenvalue weighted by Crippen LogP contribution is -2.39. The molecule has 0 aromatic heterocycles. The minimum absolute atomic E-state index is 0. The minimum atomic E-state index is 0. The van der Waals surface area contributed by atoms with Crippen LogP contribution < -0.4 is 10.1 Å². The molecule has 1 aromatic carbocycles. The van der Waals surface area contributed by atoms with Crippen molar-refractivity contribution in [3.05, 3.63) is 29.8 Å². The van der Waals surface area contributed by atoms with Gasteiger partial charge in [-0.25, -0.2) is 0 Å². The summed E-state index contributed by atoms with van der Waals surface area (Å²) in [5.74, 6) is 1.78. The number of carbonyl (C=O) groups excluding carboxylic acids is 1. The van der Waals surface area contributed by atoms with E-state index in [1.165, 1.54) is 25.7 Å². The van der Waals surface area contributed by atoms with Gasteiger partial charge < -0.3 is 15.0 Å². The number of ether oxygens (including phenoxy) is 1. The SMILES string of the molecule is Cl.O=C(c1ccc(OCC2CC2)cc1)N1CCC2CCC(C1)N2. The molecular formula is C18H25ClN2O2. The molecule has 2 heterocycles. The first-order valence-corrected chi connectivity index (χ1v) is 8.56. The molecule has 1 aromatic rings. The topological polar surface area (TPSA) is 41.6 Å². The second-order valence-electron chi connectivity index (χ2n) is 6.96. The molecule has 2 bridgehead atoms. The fourth-order valence-corrected chi connectivity index (χ4v) is 3.50. The van der Waals surface area contributed by atoms with Crippen LogP contribution in [0, 0.1) is 5.92 Å². The fraction of sp³-hybridized carbons (Fsp3) is 0.611. The highest BCUT2D eigenvalue weighted by molar-refractivity contribution is 5.94. The molecule has 0 radical (unpaired) electrons. The van der Waals surface area contributed by atoms with Gasteiger partial charge >= 0.3 is 0 Å². The zero-order valence-electron chi connectivity index (χ0n) is 13.4. The summed E-state index contributed by atoms with van der Waals surface area (Å²) in [4.78, 5) is 14.7. The first-order chi connectivity index (χ1) is 10.8. The Balaban J connectivity index is 0.00000156. The van der Waals surface area contributed by atoms with E-state index in [1.54, 1.807) is 0 Å². The molecule has 2 atom stereocenters. The van der Waals surface area contributed by atoms with Gasteiger partial charge in [0.1, 0.15) is 5.75 Å². The van der Waals surface area contributed by atoms with Crippen LogP contribution in [0.15, 0.2) is 24.3 Å². The molecule has 1 N–H and O–H groups in total. The number of halogens is 1. The Morgan fingerprint density at radius 1 is 1.09 bits per heavy atom. The van der Waals surface area contributed by atoms with Gasteiger partial charge in [0, 0.05) is 30.7 Å². The van der Waals surface area contributed by atoms with Gasteiger partial charge in [-0.15, -0.1) is 12.4 Å². The largest absolute Gasteiger partial charge is 0.493 e. The van der Waals surface area contributed by atoms with E-state index in [1.807, 2.05) is 29.2 Å². The Hall–Kier alpha value is -1.26. The highest BCUT2D eigenvalue weighted by Gasteiger charge is 2.31. The summed E-state index contributed by atoms with van der Waals surface area (Å²) >= 11 is 0. The second-order valence-corrected chi connectivity index (χ2v) is 6.96. The molecule has 2 unspecified atom stereocenters. The van der Waals surface area contributed by atoms with Gasteiger partial charge in [-0.05, 0) is 62.3 Å². The fourth-order valence-electron chi connectivity index (χ4n) is 3.50. The molecular weight excluding hydrogens is 312 g/mol. The van der Waals surface area contributed by atoms with Crippen molar-refractivity contribution >= 4 is 18.3 Å². The van der Waals surface area contributed by atoms with E-state index in [4.69, 9.17) is 4.74 Å². The molecule has 2 aliphatic heterocycles. The average molecular weight is 337 g/mol. The van der Waals surface area contributed by atoms with Crippen LogP contribution >= 0.6 is 12.4 Å². The number of hydrogen-bond donors (Lipinski definition) is 1. The maximum atomic E-state index is 12.7. The Labute approximate surface area is 144 Å². The van der Waals surface area contributed by atoms with Crippen molar-refractivity contribution in [3.63, 3.8) is 0 Å². The number of benzene rings is 1. The predicted molar refractivity (Wildman–Crippen MR) is 92.4 cm³/mol. The number of amides is 1. The van der Waals surface area contributed by atoms with Gasteiger partial charge in [-0.3, -0.25) is 4.79 Å². The van der Waals surface area contributed by atoms with Crippen molar-refractivity contribution in [2.45, 2.75) is 44.2 Å². The first-order valence-electron chi connectivity index (χ1n) is 8.56. The summed E-state index contributed by atoms with van der Waals surface area (Å²) in [5, 5.41) is 3.62. The van der Waals surface area contributed by atoms with E-state index in [0.29, 0.717) is 12.1 Å². The second kappa shape index (κ2) is 7.10. The Bertz CT molecular complexity index is 544. The van der Waals surface area contributed by atoms with Gasteiger partial charge in [-0.2, -0.15) is 0 Å². The normalized spacial score (nSPS) is 26.3. The minimum Gasteiger partial charge on any atom is -0.493 e. The van der Waals surface area contributed by atoms with E-state index >= 15 is 0 Å². The van der Waals surface area contributed by atoms with Crippen LogP contribution in [-0.4, -0.2) is 42.6 Å². The number of carbonyl (C=O) groups is 1. The molecule has 23 heavy (non-hydrogen) atoms. The third-order valence-electron chi connectivity index (χ3n) is 5.09. The molecule has 2 saturated heterocycles. The highest BCUT2D eigenvalue weighted by atomic mass is 35.5. The summed E-state index contributed by atoms with van der Waals surface area (Å²) in [6.45, 7) is 2.52. The number of nitrogens with zero attached hydrogens (tertiary/aromatic N) is 1. The quantitative estimate of drug-likeness (QED) is 0.919. The number of hydrogen-bond acceptors (Lipinski definition) is 3. The van der Waals surface area contributed by atoms with Gasteiger partial charge in [0.25, 0.3) is 5.91 Å². The predicted octanol–water partition coefficient (Wildman–Crippen LogP) is 2.86. The molecule has 3 fully saturated rings. The number of fused-ring (bicyclic) bond motifs is 2. The summed E-state index contributed by atoms with van der Waals surface area (Å²) in [5.41, 5.74) is 0.775. The lowest BCUT2D eigenvalue weighted by Gasteiger charge is -2.24. The molecule has 3 aliphatic rings. The summed E-state index contributed by atoms with van der Waals surface area (Å²) < 4.78 is 5.74. The van der Waals surface area contributed by atoms with E-state index in [-0.39, 0.29) is 18.3 Å². The Morgan fingerprint density at radius 2 is 1.83 bits per heavy atom. The van der Waals surface area contributed by atoms with E-state index in [9.17, 15) is 4.79 Å². The van der Waals surface area contributed by atoms with Crippen molar-refractivity contribution < 1.29 is 9.53 Å². The summed E-state index contributed by atoms with van der Waals surface area (Å²) in [6.07, 6.45) is 6.12. The molecule has 0 spiro atoms. The van der Waals surface area contributed by atoms with Crippen LogP contribution in [0.2, 0.25) is 0 Å². The zero-order chi connectivity index (χ0) is 14.9. The van der Waals surface area contributed by atoms with Crippen molar-refractivity contribution in [1.82, 2.24) is 10.2 Å². The van der Waals surface area contributed by atoms with E-state index in [0.717, 1.165) is 43.3 Å². The maximum Gasteiger partial charge on any atom is 0.253 e. The van der Waals surface area contributed by atoms with E-state index < -0.39 is 0 Å². The third kappa shape index (κ3) is 3.99. The molecule has 5 heteroatoms. The molecule has 126 valence electrons. The smallest absolute Gasteiger partial charge is 0.253 e. The molecule has 4 rings (SSSR count). The molecule has 1 aliphatic carbocycles. The van der Waals surface area contributed by atoms with Crippen molar-refractivity contribution in [2.75, 3.05) is 19.7 Å². The number of rotatable bonds is 4. The van der Waals surface area contributed by atoms with Gasteiger partial charge in [0.2, 0.25) is 0 Å². The standard InChI is InChI=1S/C18H24N2O2.ClH/c21-18(20-10-9-15-5-6-16(11-20)19-15)14-3-7-17(8-4-14)22-12-13-1-2-13;/h3-4,7-8,13,15-16,19H,1-2,5-6,9-12H2;1H. The number of nitrogens with one attached hydrogen (secondary N) is 1. The highest BCUT2D eigenvalue weighted by Crippen LogP contribution is 2.29. The Kier molecular flexibility index (Phi) is 5.12. The van der Waals surface area contributed by atoms with Crippen LogP contribution in [-0.2, 0) is 0 Å². The zero-order valence-corrected chi connectivity index (χ0v) is 14.2. The van der Waals surface area contributed by atoms with Crippen LogP contribution in [0.25, 0.3) is 0 Å². The van der Waals surface area contributed by atoms with E-state index in [2.05, 4.69) is 5.32 Å². The van der Waals surface area contributed by atoms with Crippen molar-refractivity contribution in [3.8, 4) is 5.75 Å². The molecule has 4 nitrogen and oxygen atoms in total. The van der Waals surface area contributed by atoms with Crippen LogP contribution in [0.1, 0.15) is 42.5 Å². The monoisotopic (exact) mass is 336 g/mol. The molecule has 1 saturated carbocycles. The summed E-state index contributed by atoms with van der Waals surface area (Å²) in [6, 6.07) is 8.76.